The second-order valence-electron chi connectivity index (χ2n) is 11.4. The lowest BCUT2D eigenvalue weighted by atomic mass is 9.97. The smallest absolute Gasteiger partial charge is 0.335 e. The topological polar surface area (TPSA) is 132 Å². The van der Waals surface area contributed by atoms with Gasteiger partial charge in [0.25, 0.3) is 0 Å². The minimum atomic E-state index is -0.965. The first-order valence-corrected chi connectivity index (χ1v) is 15.4. The number of hydrogen-bond acceptors (Lipinski definition) is 10. The van der Waals surface area contributed by atoms with E-state index in [0.29, 0.717) is 35.4 Å². The lowest BCUT2D eigenvalue weighted by Gasteiger charge is -2.35. The Bertz CT molecular complexity index is 1790. The molecule has 2 aliphatic heterocycles. The summed E-state index contributed by atoms with van der Waals surface area (Å²) >= 11 is 0. The number of piperazine rings is 1. The fourth-order valence-corrected chi connectivity index (χ4v) is 5.86. The van der Waals surface area contributed by atoms with Gasteiger partial charge in [0.15, 0.2) is 5.82 Å². The molecule has 3 N–H and O–H groups in total. The summed E-state index contributed by atoms with van der Waals surface area (Å²) in [6, 6.07) is 20.4. The van der Waals surface area contributed by atoms with Crippen molar-refractivity contribution in [3.63, 3.8) is 0 Å². The van der Waals surface area contributed by atoms with Crippen LogP contribution in [0.5, 0.6) is 5.75 Å². The normalized spacial score (nSPS) is 16.5. The lowest BCUT2D eigenvalue weighted by molar-refractivity contribution is -0.111. The van der Waals surface area contributed by atoms with Crippen molar-refractivity contribution in [1.82, 2.24) is 14.9 Å². The zero-order valence-electron chi connectivity index (χ0n) is 26.3. The molecule has 0 saturated carbocycles. The summed E-state index contributed by atoms with van der Waals surface area (Å²) in [6.07, 6.45) is 3.45. The molecule has 2 saturated heterocycles. The number of nitrogens with zero attached hydrogens (tertiary/aromatic N) is 5. The van der Waals surface area contributed by atoms with E-state index in [0.717, 1.165) is 55.0 Å². The number of hydroxylamine groups is 1. The maximum Gasteiger partial charge on any atom is 0.335 e. The molecule has 4 aromatic rings. The Morgan fingerprint density at radius 1 is 1.00 bits per heavy atom. The Labute approximate surface area is 273 Å². The summed E-state index contributed by atoms with van der Waals surface area (Å²) in [5, 5.41) is 17.5. The summed E-state index contributed by atoms with van der Waals surface area (Å²) in [5.41, 5.74) is 5.09. The molecule has 0 spiro atoms. The number of anilines is 5. The van der Waals surface area contributed by atoms with Gasteiger partial charge in [-0.2, -0.15) is 0 Å². The highest BCUT2D eigenvalue weighted by molar-refractivity contribution is 6.02. The molecule has 12 heteroatoms. The van der Waals surface area contributed by atoms with Crippen LogP contribution in [0.1, 0.15) is 28.4 Å². The molecule has 1 amide bonds. The van der Waals surface area contributed by atoms with Crippen LogP contribution in [0.2, 0.25) is 0 Å². The number of likely N-dealkylation sites (N-methyl/N-ethyl adjacent to an activating group) is 1. The molecule has 3 aromatic carbocycles. The average Bonchev–Trinajstić information content (AvgIpc) is 3.59. The third-order valence-electron chi connectivity index (χ3n) is 8.37. The van der Waals surface area contributed by atoms with Gasteiger partial charge in [0.1, 0.15) is 17.9 Å². The first-order valence-electron chi connectivity index (χ1n) is 15.4. The monoisotopic (exact) mass is 635 g/mol. The summed E-state index contributed by atoms with van der Waals surface area (Å²) < 4.78 is 5.79. The predicted molar refractivity (Wildman–Crippen MR) is 181 cm³/mol. The van der Waals surface area contributed by atoms with Gasteiger partial charge in [-0.15, -0.1) is 0 Å². The van der Waals surface area contributed by atoms with Crippen molar-refractivity contribution < 1.29 is 24.3 Å². The number of aromatic nitrogens is 2. The predicted octanol–water partition coefficient (Wildman–Crippen LogP) is 5.35. The molecule has 12 nitrogen and oxygen atoms in total. The third kappa shape index (κ3) is 7.03. The Morgan fingerprint density at radius 3 is 2.51 bits per heavy atom. The maximum atomic E-state index is 12.4. The highest BCUT2D eigenvalue weighted by Crippen LogP contribution is 2.40. The molecule has 0 bridgehead atoms. The second-order valence-corrected chi connectivity index (χ2v) is 11.4. The van der Waals surface area contributed by atoms with Gasteiger partial charge in [-0.25, -0.2) is 19.8 Å². The zero-order valence-corrected chi connectivity index (χ0v) is 26.3. The van der Waals surface area contributed by atoms with Crippen LogP contribution >= 0.6 is 0 Å². The molecular formula is C35H37N7O5. The highest BCUT2D eigenvalue weighted by atomic mass is 16.7. The van der Waals surface area contributed by atoms with Crippen molar-refractivity contribution in [2.45, 2.75) is 12.5 Å². The van der Waals surface area contributed by atoms with E-state index in [1.54, 1.807) is 36.4 Å². The Kier molecular flexibility index (Phi) is 9.32. The first kappa shape index (κ1) is 31.5. The van der Waals surface area contributed by atoms with E-state index >= 15 is 0 Å². The van der Waals surface area contributed by atoms with Gasteiger partial charge in [0, 0.05) is 44.7 Å². The van der Waals surface area contributed by atoms with Gasteiger partial charge in [0.2, 0.25) is 5.91 Å². The van der Waals surface area contributed by atoms with Crippen molar-refractivity contribution in [2.24, 2.45) is 0 Å². The molecule has 1 aromatic heterocycles. The number of carbonyl (C=O) groups is 2. The van der Waals surface area contributed by atoms with E-state index in [4.69, 9.17) is 9.57 Å². The van der Waals surface area contributed by atoms with Crippen molar-refractivity contribution in [3.8, 4) is 16.9 Å². The number of aromatic carboxylic acids is 1. The van der Waals surface area contributed by atoms with Crippen LogP contribution in [-0.2, 0) is 9.63 Å². The van der Waals surface area contributed by atoms with Gasteiger partial charge in [-0.1, -0.05) is 36.9 Å². The molecule has 0 aliphatic carbocycles. The third-order valence-corrected chi connectivity index (χ3v) is 8.37. The quantitative estimate of drug-likeness (QED) is 0.195. The summed E-state index contributed by atoms with van der Waals surface area (Å²) in [7, 11) is 3.70. The fourth-order valence-electron chi connectivity index (χ4n) is 5.86. The minimum Gasteiger partial charge on any atom is -0.494 e. The molecule has 3 heterocycles. The van der Waals surface area contributed by atoms with Crippen LogP contribution in [0.3, 0.4) is 0 Å². The van der Waals surface area contributed by atoms with E-state index in [9.17, 15) is 14.7 Å². The zero-order chi connectivity index (χ0) is 32.9. The summed E-state index contributed by atoms with van der Waals surface area (Å²) in [4.78, 5) is 43.5. The number of carboxylic acid groups (broad SMARTS) is 1. The SMILES string of the molecule is C=CC(=O)Nc1cc(Nc2cc(N3OCC[C@@H]3c3cccc(-c4cccc(C(=O)O)c4)c3)ncn2)c(OC)cc1N1CCN(C)CC1. The molecule has 0 unspecified atom stereocenters. The van der Waals surface area contributed by atoms with Gasteiger partial charge in [0.05, 0.1) is 42.4 Å². The van der Waals surface area contributed by atoms with Gasteiger partial charge >= 0.3 is 5.97 Å². The number of rotatable bonds is 10. The Hall–Kier alpha value is -5.46. The van der Waals surface area contributed by atoms with Gasteiger partial charge < -0.3 is 30.3 Å². The van der Waals surface area contributed by atoms with Crippen molar-refractivity contribution in [3.05, 3.63) is 96.8 Å². The number of amides is 1. The molecule has 242 valence electrons. The van der Waals surface area contributed by atoms with Crippen LogP contribution in [0.4, 0.5) is 28.7 Å². The molecule has 6 rings (SSSR count). The number of carbonyl (C=O) groups excluding carboxylic acids is 1. The molecule has 2 fully saturated rings. The van der Waals surface area contributed by atoms with E-state index in [1.807, 2.05) is 36.4 Å². The number of nitrogens with one attached hydrogen (secondary N) is 2. The van der Waals surface area contributed by atoms with Crippen LogP contribution in [-0.4, -0.2) is 78.8 Å². The lowest BCUT2D eigenvalue weighted by Crippen LogP contribution is -2.44. The minimum absolute atomic E-state index is 0.126. The number of benzene rings is 3. The van der Waals surface area contributed by atoms with E-state index in [1.165, 1.54) is 12.4 Å². The standard InChI is InChI=1S/C35H37N7O5/c1-4-34(43)39-27-19-28(31(46-3)20-30(27)41-14-12-40(2)13-15-41)38-32-21-33(37-22-36-32)42-29(11-16-47-42)25-9-5-7-23(17-25)24-8-6-10-26(18-24)35(44)45/h4-10,17-22,29H,1,11-16H2,2-3H3,(H,39,43)(H,44,45)(H,36,37,38)/t29-/m1/s1. The summed E-state index contributed by atoms with van der Waals surface area (Å²) in [5.74, 6) is 0.394. The molecular weight excluding hydrogens is 598 g/mol. The molecule has 1 atom stereocenters. The van der Waals surface area contributed by atoms with Crippen LogP contribution < -0.4 is 25.3 Å². The summed E-state index contributed by atoms with van der Waals surface area (Å²) in [6.45, 7) is 7.55. The van der Waals surface area contributed by atoms with Crippen molar-refractivity contribution in [1.29, 1.82) is 0 Å². The van der Waals surface area contributed by atoms with Gasteiger partial charge in [-0.05, 0) is 54.1 Å². The first-order chi connectivity index (χ1) is 22.8. The average molecular weight is 636 g/mol. The molecule has 47 heavy (non-hydrogen) atoms. The van der Waals surface area contributed by atoms with Crippen LogP contribution in [0.25, 0.3) is 11.1 Å². The van der Waals surface area contributed by atoms with E-state index < -0.39 is 5.97 Å². The molecule has 2 aliphatic rings. The second kappa shape index (κ2) is 13.9. The fraction of sp³-hybridized carbons (Fsp3) is 0.257. The van der Waals surface area contributed by atoms with Gasteiger partial charge in [-0.3, -0.25) is 9.63 Å². The largest absolute Gasteiger partial charge is 0.494 e. The van der Waals surface area contributed by atoms with E-state index in [2.05, 4.69) is 50.1 Å². The van der Waals surface area contributed by atoms with Crippen molar-refractivity contribution in [2.75, 3.05) is 67.5 Å². The van der Waals surface area contributed by atoms with Crippen LogP contribution in [0, 0.1) is 0 Å². The number of hydrogen-bond donors (Lipinski definition) is 3. The van der Waals surface area contributed by atoms with Crippen LogP contribution in [0.15, 0.2) is 85.7 Å². The Balaban J connectivity index is 1.27. The van der Waals surface area contributed by atoms with Crippen molar-refractivity contribution >= 4 is 40.6 Å². The Morgan fingerprint density at radius 2 is 1.77 bits per heavy atom. The van der Waals surface area contributed by atoms with E-state index in [-0.39, 0.29) is 17.5 Å². The number of ether oxygens (including phenoxy) is 1. The maximum absolute atomic E-state index is 12.4. The molecule has 0 radical (unpaired) electrons. The highest BCUT2D eigenvalue weighted by Gasteiger charge is 2.30. The number of carboxylic acids is 1. The number of methoxy groups -OCH3 is 1.